The second-order valence-electron chi connectivity index (χ2n) is 9.79. The maximum absolute atomic E-state index is 13.1. The molecule has 7 nitrogen and oxygen atoms in total. The Morgan fingerprint density at radius 1 is 1.10 bits per heavy atom. The number of aliphatic carboxylic acids is 1. The van der Waals surface area contributed by atoms with Crippen molar-refractivity contribution in [3.05, 3.63) is 86.8 Å². The number of likely N-dealkylation sites (N-methyl/N-ethyl adjacent to an activating group) is 1. The van der Waals surface area contributed by atoms with Gasteiger partial charge in [-0.1, -0.05) is 52.9 Å². The van der Waals surface area contributed by atoms with Crippen LogP contribution in [0.15, 0.2) is 70.6 Å². The number of anilines is 2. The standard InChI is InChI=1S/C31H31ClN4O3S2/c1-4-34(23-10-7-21(8-11-23)15-31(38)39)18-28(37)33-19-36-25-16-22(32)9-13-27(25)41-30(36)17-29-35(5-2)24-14-20(3)6-12-26(24)40-29/h6-14,16-17H,4-5,15,18-19H2,1-3H3,(H-,33,37,38,39)/p+1. The third-order valence-electron chi connectivity index (χ3n) is 6.95. The molecule has 0 radical (unpaired) electrons. The van der Waals surface area contributed by atoms with Crippen LogP contribution in [0.25, 0.3) is 16.3 Å². The average molecular weight is 608 g/mol. The van der Waals surface area contributed by atoms with Gasteiger partial charge in [-0.3, -0.25) is 14.9 Å². The van der Waals surface area contributed by atoms with Gasteiger partial charge in [-0.15, -0.1) is 0 Å². The number of hydrogen-bond donors (Lipinski definition) is 2. The number of nitrogens with one attached hydrogen (secondary N) is 1. The number of aromatic nitrogens is 1. The number of carboxylic acids is 1. The lowest BCUT2D eigenvalue weighted by atomic mass is 10.1. The number of rotatable bonds is 10. The van der Waals surface area contributed by atoms with E-state index in [1.807, 2.05) is 42.2 Å². The fourth-order valence-electron chi connectivity index (χ4n) is 4.88. The molecule has 1 aliphatic rings. The second-order valence-corrected chi connectivity index (χ2v) is 12.4. The van der Waals surface area contributed by atoms with Crippen LogP contribution in [0.2, 0.25) is 5.02 Å². The average Bonchev–Trinajstić information content (AvgIpc) is 3.46. The van der Waals surface area contributed by atoms with Crippen molar-refractivity contribution in [3.63, 3.8) is 0 Å². The minimum absolute atomic E-state index is 0.0263. The zero-order valence-corrected chi connectivity index (χ0v) is 25.6. The summed E-state index contributed by atoms with van der Waals surface area (Å²) in [6.45, 7) is 8.23. The Balaban J connectivity index is 1.37. The Labute approximate surface area is 253 Å². The fourth-order valence-corrected chi connectivity index (χ4v) is 7.34. The Hall–Kier alpha value is -3.53. The molecule has 0 saturated heterocycles. The molecule has 5 rings (SSSR count). The van der Waals surface area contributed by atoms with Crippen molar-refractivity contribution in [1.82, 2.24) is 5.32 Å². The molecule has 4 aromatic rings. The van der Waals surface area contributed by atoms with Crippen molar-refractivity contribution in [3.8, 4) is 0 Å². The first-order chi connectivity index (χ1) is 19.7. The zero-order chi connectivity index (χ0) is 29.1. The number of halogens is 1. The molecule has 0 saturated carbocycles. The minimum atomic E-state index is -0.868. The van der Waals surface area contributed by atoms with Crippen molar-refractivity contribution in [2.24, 2.45) is 0 Å². The molecular formula is C31H32ClN4O3S2+. The number of carbonyl (C=O) groups excluding carboxylic acids is 1. The van der Waals surface area contributed by atoms with Gasteiger partial charge in [0.1, 0.15) is 4.70 Å². The van der Waals surface area contributed by atoms with Gasteiger partial charge in [0.05, 0.1) is 29.8 Å². The second kappa shape index (κ2) is 12.5. The maximum Gasteiger partial charge on any atom is 0.307 e. The summed E-state index contributed by atoms with van der Waals surface area (Å²) >= 11 is 9.82. The zero-order valence-electron chi connectivity index (χ0n) is 23.2. The van der Waals surface area contributed by atoms with Crippen LogP contribution in [-0.2, 0) is 22.7 Å². The number of thioether (sulfide) groups is 1. The number of amides is 1. The Bertz CT molecular complexity index is 1630. The molecule has 10 heteroatoms. The highest BCUT2D eigenvalue weighted by molar-refractivity contribution is 8.03. The van der Waals surface area contributed by atoms with Gasteiger partial charge in [0.25, 0.3) is 5.01 Å². The summed E-state index contributed by atoms with van der Waals surface area (Å²) in [4.78, 5) is 29.7. The summed E-state index contributed by atoms with van der Waals surface area (Å²) in [5.74, 6) is -0.977. The third kappa shape index (κ3) is 6.53. The summed E-state index contributed by atoms with van der Waals surface area (Å²) in [7, 11) is 0. The van der Waals surface area contributed by atoms with E-state index in [-0.39, 0.29) is 18.9 Å². The lowest BCUT2D eigenvalue weighted by Crippen LogP contribution is -2.47. The van der Waals surface area contributed by atoms with Crippen molar-refractivity contribution in [2.75, 3.05) is 29.4 Å². The van der Waals surface area contributed by atoms with Crippen molar-refractivity contribution < 1.29 is 19.3 Å². The molecule has 0 spiro atoms. The largest absolute Gasteiger partial charge is 0.481 e. The van der Waals surface area contributed by atoms with Crippen LogP contribution in [0, 0.1) is 6.92 Å². The van der Waals surface area contributed by atoms with Crippen LogP contribution in [0.1, 0.15) is 30.0 Å². The number of nitrogens with zero attached hydrogens (tertiary/aromatic N) is 3. The first-order valence-electron chi connectivity index (χ1n) is 13.5. The summed E-state index contributed by atoms with van der Waals surface area (Å²) in [6.07, 6.45) is 2.17. The number of carbonyl (C=O) groups is 2. The van der Waals surface area contributed by atoms with Crippen LogP contribution in [0.3, 0.4) is 0 Å². The normalized spacial score (nSPS) is 13.6. The molecule has 1 amide bonds. The van der Waals surface area contributed by atoms with E-state index < -0.39 is 5.97 Å². The fraction of sp³-hybridized carbons (Fsp3) is 0.258. The van der Waals surface area contributed by atoms with Crippen LogP contribution in [0.4, 0.5) is 11.4 Å². The SMILES string of the molecule is CCN(CC(=O)NC[n+]1c(/C=C2\Sc3ccc(C)cc3N2CC)sc2ccc(Cl)cc21)c1ccc(CC(=O)O)cc1. The first kappa shape index (κ1) is 29.0. The molecule has 212 valence electrons. The van der Waals surface area contributed by atoms with Crippen molar-refractivity contribution in [2.45, 2.75) is 38.8 Å². The smallest absolute Gasteiger partial charge is 0.307 e. The Morgan fingerprint density at radius 2 is 1.88 bits per heavy atom. The van der Waals surface area contributed by atoms with Gasteiger partial charge in [0.15, 0.2) is 0 Å². The molecule has 0 unspecified atom stereocenters. The molecule has 1 aromatic heterocycles. The molecule has 0 atom stereocenters. The molecule has 0 fully saturated rings. The number of hydrogen-bond acceptors (Lipinski definition) is 6. The Morgan fingerprint density at radius 3 is 2.59 bits per heavy atom. The first-order valence-corrected chi connectivity index (χ1v) is 15.5. The predicted octanol–water partition coefficient (Wildman–Crippen LogP) is 6.31. The summed E-state index contributed by atoms with van der Waals surface area (Å²) < 4.78 is 3.20. The number of aryl methyl sites for hydroxylation is 1. The highest BCUT2D eigenvalue weighted by atomic mass is 35.5. The summed E-state index contributed by atoms with van der Waals surface area (Å²) in [5.41, 5.74) is 5.02. The molecule has 3 aromatic carbocycles. The molecule has 1 aliphatic heterocycles. The molecule has 2 N–H and O–H groups in total. The lowest BCUT2D eigenvalue weighted by molar-refractivity contribution is -0.672. The molecular weight excluding hydrogens is 576 g/mol. The van der Waals surface area contributed by atoms with Crippen LogP contribution in [-0.4, -0.2) is 36.6 Å². The van der Waals surface area contributed by atoms with Crippen LogP contribution < -0.4 is 19.7 Å². The number of thiazole rings is 1. The highest BCUT2D eigenvalue weighted by Gasteiger charge is 2.27. The molecule has 2 heterocycles. The van der Waals surface area contributed by atoms with Gasteiger partial charge in [-0.25, -0.2) is 0 Å². The molecule has 41 heavy (non-hydrogen) atoms. The van der Waals surface area contributed by atoms with E-state index in [0.717, 1.165) is 38.0 Å². The van der Waals surface area contributed by atoms with E-state index in [1.165, 1.54) is 16.1 Å². The van der Waals surface area contributed by atoms with E-state index in [0.29, 0.717) is 18.2 Å². The molecule has 0 aliphatic carbocycles. The van der Waals surface area contributed by atoms with E-state index in [4.69, 9.17) is 16.7 Å². The van der Waals surface area contributed by atoms with Gasteiger partial charge in [0, 0.05) is 34.8 Å². The predicted molar refractivity (Wildman–Crippen MR) is 169 cm³/mol. The van der Waals surface area contributed by atoms with Gasteiger partial charge in [0.2, 0.25) is 18.1 Å². The monoisotopic (exact) mass is 607 g/mol. The number of benzene rings is 3. The van der Waals surface area contributed by atoms with Gasteiger partial charge in [-0.05, 0) is 68.3 Å². The van der Waals surface area contributed by atoms with Gasteiger partial charge >= 0.3 is 5.97 Å². The Kier molecular flexibility index (Phi) is 8.87. The van der Waals surface area contributed by atoms with Crippen molar-refractivity contribution >= 4 is 74.2 Å². The quantitative estimate of drug-likeness (QED) is 0.206. The third-order valence-corrected chi connectivity index (χ3v) is 9.41. The summed E-state index contributed by atoms with van der Waals surface area (Å²) in [5, 5.41) is 14.9. The van der Waals surface area contributed by atoms with E-state index in [2.05, 4.69) is 52.9 Å². The highest BCUT2D eigenvalue weighted by Crippen LogP contribution is 2.47. The molecule has 0 bridgehead atoms. The van der Waals surface area contributed by atoms with Crippen molar-refractivity contribution in [1.29, 1.82) is 0 Å². The van der Waals surface area contributed by atoms with Gasteiger partial charge < -0.3 is 14.9 Å². The lowest BCUT2D eigenvalue weighted by Gasteiger charge is -2.22. The van der Waals surface area contributed by atoms with Crippen LogP contribution >= 0.6 is 34.7 Å². The topological polar surface area (TPSA) is 76.8 Å². The minimum Gasteiger partial charge on any atom is -0.481 e. The van der Waals surface area contributed by atoms with Gasteiger partial charge in [-0.2, -0.15) is 4.57 Å². The number of carboxylic acid groups (broad SMARTS) is 1. The van der Waals surface area contributed by atoms with E-state index in [1.54, 1.807) is 35.2 Å². The summed E-state index contributed by atoms with van der Waals surface area (Å²) in [6, 6.07) is 19.7. The van der Waals surface area contributed by atoms with E-state index in [9.17, 15) is 9.59 Å². The maximum atomic E-state index is 13.1. The van der Waals surface area contributed by atoms with Crippen LogP contribution in [0.5, 0.6) is 0 Å². The van der Waals surface area contributed by atoms with E-state index >= 15 is 0 Å². The number of fused-ring (bicyclic) bond motifs is 2.